The van der Waals surface area contributed by atoms with Crippen molar-refractivity contribution in [2.45, 2.75) is 33.1 Å². The summed E-state index contributed by atoms with van der Waals surface area (Å²) < 4.78 is 78.8. The minimum Gasteiger partial charge on any atom is -0.272 e. The van der Waals surface area contributed by atoms with E-state index in [-0.39, 0.29) is 6.07 Å². The number of hydrazine groups is 1. The zero-order valence-corrected chi connectivity index (χ0v) is 16.4. The monoisotopic (exact) mass is 449 g/mol. The molecule has 1 aromatic carbocycles. The summed E-state index contributed by atoms with van der Waals surface area (Å²) in [6.07, 6.45) is -7.24. The maximum Gasteiger partial charge on any atom is 0.416 e. The zero-order chi connectivity index (χ0) is 23.8. The van der Waals surface area contributed by atoms with Gasteiger partial charge in [-0.25, -0.2) is 20.5 Å². The average Bonchev–Trinajstić information content (AvgIpc) is 3.11. The van der Waals surface area contributed by atoms with Gasteiger partial charge < -0.3 is 0 Å². The first-order chi connectivity index (χ1) is 14.0. The maximum atomic E-state index is 13.0. The van der Waals surface area contributed by atoms with Crippen molar-refractivity contribution in [2.24, 2.45) is 11.3 Å². The second-order valence-electron chi connectivity index (χ2n) is 7.42. The molecule has 168 valence electrons. The second-order valence-corrected chi connectivity index (χ2v) is 7.42. The molecule has 2 rings (SSSR count). The molecule has 0 saturated carbocycles. The van der Waals surface area contributed by atoms with Crippen molar-refractivity contribution in [3.8, 4) is 11.4 Å². The van der Waals surface area contributed by atoms with Crippen molar-refractivity contribution >= 4 is 18.0 Å². The molecule has 1 aromatic heterocycles. The van der Waals surface area contributed by atoms with E-state index in [1.165, 1.54) is 0 Å². The highest BCUT2D eigenvalue weighted by atomic mass is 19.4. The fourth-order valence-electron chi connectivity index (χ4n) is 2.24. The first kappa shape index (κ1) is 24.1. The number of hydrogen-bond acceptors (Lipinski definition) is 5. The molecule has 2 amide bonds. The Labute approximate surface area is 172 Å². The van der Waals surface area contributed by atoms with Crippen LogP contribution in [0.3, 0.4) is 0 Å². The minimum atomic E-state index is -5.02. The molecule has 0 aliphatic heterocycles. The molecule has 0 spiro atoms. The zero-order valence-electron chi connectivity index (χ0n) is 16.4. The third-order valence-electron chi connectivity index (χ3n) is 3.82. The molecule has 1 heterocycles. The Morgan fingerprint density at radius 1 is 1.00 bits per heavy atom. The molecule has 0 fully saturated rings. The minimum absolute atomic E-state index is 0.0128. The van der Waals surface area contributed by atoms with Gasteiger partial charge >= 0.3 is 12.4 Å². The summed E-state index contributed by atoms with van der Waals surface area (Å²) in [5.41, 5.74) is -4.49. The normalized spacial score (nSPS) is 13.0. The molecule has 31 heavy (non-hydrogen) atoms. The van der Waals surface area contributed by atoms with Gasteiger partial charge in [0.05, 0.1) is 11.1 Å². The van der Waals surface area contributed by atoms with E-state index in [0.717, 1.165) is 23.3 Å². The maximum absolute atomic E-state index is 13.0. The standard InChI is InChI=1S/C18H17F6N5O2/c1-16(2,3)15(31)29(25)13(30)4-5-28-9-26-14(27-28)10-6-11(17(19,20)21)8-12(7-10)18(22,23)24/h4-9H,25H2,1-3H3/b5-4-. The Hall–Kier alpha value is -3.22. The van der Waals surface area contributed by atoms with E-state index in [1.807, 2.05) is 0 Å². The lowest BCUT2D eigenvalue weighted by Crippen LogP contribution is -2.47. The van der Waals surface area contributed by atoms with E-state index < -0.39 is 52.1 Å². The van der Waals surface area contributed by atoms with Gasteiger partial charge in [0.25, 0.3) is 5.91 Å². The van der Waals surface area contributed by atoms with Crippen molar-refractivity contribution in [2.75, 3.05) is 0 Å². The van der Waals surface area contributed by atoms with Gasteiger partial charge in [0.2, 0.25) is 5.91 Å². The van der Waals surface area contributed by atoms with Gasteiger partial charge in [-0.05, 0) is 18.2 Å². The quantitative estimate of drug-likeness (QED) is 0.253. The van der Waals surface area contributed by atoms with Gasteiger partial charge in [-0.1, -0.05) is 20.8 Å². The van der Waals surface area contributed by atoms with Gasteiger partial charge in [-0.2, -0.15) is 26.3 Å². The van der Waals surface area contributed by atoms with E-state index in [0.29, 0.717) is 17.1 Å². The molecule has 0 radical (unpaired) electrons. The van der Waals surface area contributed by atoms with E-state index in [1.54, 1.807) is 20.8 Å². The molecule has 0 aliphatic carbocycles. The number of hydrogen-bond donors (Lipinski definition) is 1. The molecule has 0 saturated heterocycles. The van der Waals surface area contributed by atoms with Crippen molar-refractivity contribution in [1.82, 2.24) is 19.8 Å². The molecule has 2 N–H and O–H groups in total. The van der Waals surface area contributed by atoms with Crippen molar-refractivity contribution in [1.29, 1.82) is 0 Å². The van der Waals surface area contributed by atoms with Crippen LogP contribution in [-0.2, 0) is 21.9 Å². The summed E-state index contributed by atoms with van der Waals surface area (Å²) in [6, 6.07) is 0.946. The Morgan fingerprint density at radius 3 is 1.97 bits per heavy atom. The fourth-order valence-corrected chi connectivity index (χ4v) is 2.24. The average molecular weight is 449 g/mol. The summed E-state index contributed by atoms with van der Waals surface area (Å²) in [7, 11) is 0. The van der Waals surface area contributed by atoms with Crippen molar-refractivity contribution in [3.63, 3.8) is 0 Å². The van der Waals surface area contributed by atoms with Gasteiger partial charge in [0.1, 0.15) is 6.33 Å². The molecule has 2 aromatic rings. The molecule has 13 heteroatoms. The lowest BCUT2D eigenvalue weighted by Gasteiger charge is -2.22. The topological polar surface area (TPSA) is 94.1 Å². The third-order valence-corrected chi connectivity index (χ3v) is 3.82. The van der Waals surface area contributed by atoms with E-state index >= 15 is 0 Å². The predicted octanol–water partition coefficient (Wildman–Crippen LogP) is 3.73. The highest BCUT2D eigenvalue weighted by molar-refractivity contribution is 6.02. The van der Waals surface area contributed by atoms with Crippen LogP contribution in [0.15, 0.2) is 30.6 Å². The lowest BCUT2D eigenvalue weighted by molar-refractivity contribution is -0.148. The molecule has 0 aliphatic rings. The predicted molar refractivity (Wildman–Crippen MR) is 96.3 cm³/mol. The molecule has 7 nitrogen and oxygen atoms in total. The Balaban J connectivity index is 2.33. The summed E-state index contributed by atoms with van der Waals surface area (Å²) in [5.74, 6) is 3.41. The van der Waals surface area contributed by atoms with Crippen LogP contribution in [0, 0.1) is 5.41 Å². The van der Waals surface area contributed by atoms with Gasteiger partial charge in [0, 0.05) is 23.3 Å². The van der Waals surface area contributed by atoms with Crippen molar-refractivity contribution < 1.29 is 35.9 Å². The number of amides is 2. The number of rotatable bonds is 3. The number of alkyl halides is 6. The number of carbonyl (C=O) groups is 2. The highest BCUT2D eigenvalue weighted by Gasteiger charge is 2.37. The van der Waals surface area contributed by atoms with Crippen LogP contribution in [0.4, 0.5) is 26.3 Å². The van der Waals surface area contributed by atoms with Crippen molar-refractivity contribution in [3.05, 3.63) is 41.7 Å². The first-order valence-corrected chi connectivity index (χ1v) is 8.52. The molecular weight excluding hydrogens is 432 g/mol. The van der Waals surface area contributed by atoms with E-state index in [9.17, 15) is 35.9 Å². The molecule has 0 unspecified atom stereocenters. The number of halogens is 6. The van der Waals surface area contributed by atoms with Gasteiger partial charge in [-0.3, -0.25) is 9.59 Å². The van der Waals surface area contributed by atoms with Crippen LogP contribution >= 0.6 is 0 Å². The number of carbonyl (C=O) groups excluding carboxylic acids is 2. The second kappa shape index (κ2) is 8.13. The summed E-state index contributed by atoms with van der Waals surface area (Å²) in [6.45, 7) is 4.63. The first-order valence-electron chi connectivity index (χ1n) is 8.52. The van der Waals surface area contributed by atoms with E-state index in [2.05, 4.69) is 10.1 Å². The molecular formula is C18H17F6N5O2. The van der Waals surface area contributed by atoms with E-state index in [4.69, 9.17) is 5.84 Å². The van der Waals surface area contributed by atoms with Gasteiger partial charge in [-0.15, -0.1) is 5.10 Å². The Morgan fingerprint density at radius 2 is 1.52 bits per heavy atom. The fraction of sp³-hybridized carbons (Fsp3) is 0.333. The summed E-state index contributed by atoms with van der Waals surface area (Å²) >= 11 is 0. The third kappa shape index (κ3) is 5.90. The number of benzene rings is 1. The SMILES string of the molecule is CC(C)(C)C(=O)N(N)C(=O)/C=C\n1cnc(-c2cc(C(F)(F)F)cc(C(F)(F)F)c2)n1. The number of nitrogens with zero attached hydrogens (tertiary/aromatic N) is 4. The van der Waals surface area contributed by atoms with Crippen LogP contribution in [0.1, 0.15) is 31.9 Å². The Kier molecular flexibility index (Phi) is 6.31. The number of aromatic nitrogens is 3. The molecule has 0 atom stereocenters. The number of imide groups is 1. The Bertz CT molecular complexity index is 985. The largest absolute Gasteiger partial charge is 0.416 e. The highest BCUT2D eigenvalue weighted by Crippen LogP contribution is 2.38. The van der Waals surface area contributed by atoms with Crippen LogP contribution < -0.4 is 5.84 Å². The van der Waals surface area contributed by atoms with Crippen LogP contribution in [0.5, 0.6) is 0 Å². The van der Waals surface area contributed by atoms with Gasteiger partial charge in [0.15, 0.2) is 5.82 Å². The van der Waals surface area contributed by atoms with Crippen LogP contribution in [-0.4, -0.2) is 31.6 Å². The summed E-state index contributed by atoms with van der Waals surface area (Å²) in [5, 5.41) is 4.11. The van der Waals surface area contributed by atoms with Crippen LogP contribution in [0.2, 0.25) is 0 Å². The lowest BCUT2D eigenvalue weighted by atomic mass is 9.95. The van der Waals surface area contributed by atoms with Crippen LogP contribution in [0.25, 0.3) is 17.6 Å². The molecule has 0 bridgehead atoms. The summed E-state index contributed by atoms with van der Waals surface area (Å²) in [4.78, 5) is 27.6. The number of nitrogens with two attached hydrogens (primary N) is 1. The smallest absolute Gasteiger partial charge is 0.272 e.